The third-order valence-corrected chi connectivity index (χ3v) is 6.90. The largest absolute Gasteiger partial charge is 0.363 e. The van der Waals surface area contributed by atoms with E-state index < -0.39 is 0 Å². The molecule has 2 aliphatic rings. The highest BCUT2D eigenvalue weighted by atomic mass is 32.1. The zero-order valence-corrected chi connectivity index (χ0v) is 18.9. The molecule has 0 aliphatic carbocycles. The fraction of sp³-hybridized carbons (Fsp3) is 0.545. The Labute approximate surface area is 183 Å². The van der Waals surface area contributed by atoms with Crippen molar-refractivity contribution in [1.29, 1.82) is 0 Å². The Morgan fingerprint density at radius 2 is 1.93 bits per heavy atom. The number of guanidine groups is 1. The van der Waals surface area contributed by atoms with Gasteiger partial charge in [0, 0.05) is 65.1 Å². The van der Waals surface area contributed by atoms with Crippen LogP contribution in [0.2, 0.25) is 0 Å². The molecule has 4 heterocycles. The fourth-order valence-corrected chi connectivity index (χ4v) is 4.83. The van der Waals surface area contributed by atoms with Gasteiger partial charge in [-0.3, -0.25) is 4.99 Å². The lowest BCUT2D eigenvalue weighted by molar-refractivity contribution is 0.312. The predicted molar refractivity (Wildman–Crippen MR) is 127 cm³/mol. The van der Waals surface area contributed by atoms with Crippen LogP contribution in [-0.4, -0.2) is 75.2 Å². The number of rotatable bonds is 5. The molecule has 2 aromatic rings. The summed E-state index contributed by atoms with van der Waals surface area (Å²) in [5.41, 5.74) is 1.23. The van der Waals surface area contributed by atoms with Gasteiger partial charge in [-0.05, 0) is 55.1 Å². The van der Waals surface area contributed by atoms with Gasteiger partial charge < -0.3 is 25.3 Å². The summed E-state index contributed by atoms with van der Waals surface area (Å²) >= 11 is 1.82. The van der Waals surface area contributed by atoms with E-state index in [1.54, 1.807) is 0 Å². The number of nitrogens with zero attached hydrogens (tertiary/aromatic N) is 5. The van der Waals surface area contributed by atoms with Crippen molar-refractivity contribution in [2.75, 3.05) is 63.2 Å². The number of aromatic nitrogens is 1. The molecule has 0 saturated carbocycles. The molecule has 2 fully saturated rings. The summed E-state index contributed by atoms with van der Waals surface area (Å²) in [4.78, 5) is 16.2. The summed E-state index contributed by atoms with van der Waals surface area (Å²) < 4.78 is 0. The Bertz CT molecular complexity index is 807. The van der Waals surface area contributed by atoms with Gasteiger partial charge in [0.2, 0.25) is 0 Å². The molecule has 0 spiro atoms. The summed E-state index contributed by atoms with van der Waals surface area (Å²) in [7, 11) is 4.02. The lowest BCUT2D eigenvalue weighted by Gasteiger charge is -2.34. The van der Waals surface area contributed by atoms with Gasteiger partial charge in [-0.25, -0.2) is 4.98 Å². The van der Waals surface area contributed by atoms with Gasteiger partial charge in [0.15, 0.2) is 5.96 Å². The monoisotopic (exact) mass is 427 g/mol. The number of piperidine rings is 1. The maximum absolute atomic E-state index is 4.59. The minimum atomic E-state index is 0.464. The number of pyridine rings is 1. The zero-order valence-electron chi connectivity index (χ0n) is 18.0. The molecule has 8 heteroatoms. The quantitative estimate of drug-likeness (QED) is 0.564. The number of piperazine rings is 1. The molecule has 0 aromatic carbocycles. The zero-order chi connectivity index (χ0) is 20.8. The van der Waals surface area contributed by atoms with Crippen molar-refractivity contribution in [3.63, 3.8) is 0 Å². The molecule has 2 N–H and O–H groups in total. The Morgan fingerprint density at radius 3 is 2.63 bits per heavy atom. The Hall–Kier alpha value is -2.32. The van der Waals surface area contributed by atoms with Crippen molar-refractivity contribution in [2.24, 2.45) is 4.99 Å². The van der Waals surface area contributed by atoms with Gasteiger partial charge in [-0.15, -0.1) is 11.3 Å². The highest BCUT2D eigenvalue weighted by molar-refractivity contribution is 7.14. The standard InChI is InChI=1S/C22H33N7S/c1-23-22(26-19-6-9-29(10-7-19)21-4-3-15-30-21)25-17-18-5-8-24-20(16-18)28-13-11-27(2)12-14-28/h3-5,8,15-16,19H,6-7,9-14,17H2,1-2H3,(H2,23,25,26). The van der Waals surface area contributed by atoms with E-state index in [1.807, 2.05) is 24.6 Å². The highest BCUT2D eigenvalue weighted by Gasteiger charge is 2.21. The molecule has 4 rings (SSSR count). The maximum Gasteiger partial charge on any atom is 0.191 e. The molecule has 2 saturated heterocycles. The predicted octanol–water partition coefficient (Wildman–Crippen LogP) is 2.23. The van der Waals surface area contributed by atoms with E-state index in [-0.39, 0.29) is 0 Å². The van der Waals surface area contributed by atoms with E-state index in [9.17, 15) is 0 Å². The number of likely N-dealkylation sites (N-methyl/N-ethyl adjacent to an activating group) is 1. The number of hydrogen-bond acceptors (Lipinski definition) is 6. The molecule has 2 aliphatic heterocycles. The van der Waals surface area contributed by atoms with E-state index in [1.165, 1.54) is 10.6 Å². The molecule has 0 radical (unpaired) electrons. The third-order valence-electron chi connectivity index (χ3n) is 5.97. The normalized spacial score (nSPS) is 19.2. The lowest BCUT2D eigenvalue weighted by Crippen LogP contribution is -2.48. The second-order valence-electron chi connectivity index (χ2n) is 8.10. The van der Waals surface area contributed by atoms with E-state index in [0.717, 1.165) is 70.4 Å². The average molecular weight is 428 g/mol. The lowest BCUT2D eigenvalue weighted by atomic mass is 10.1. The Kier molecular flexibility index (Phi) is 7.07. The number of hydrogen-bond donors (Lipinski definition) is 2. The molecule has 162 valence electrons. The van der Waals surface area contributed by atoms with Crippen molar-refractivity contribution >= 4 is 28.1 Å². The van der Waals surface area contributed by atoms with Crippen LogP contribution in [0.3, 0.4) is 0 Å². The van der Waals surface area contributed by atoms with Gasteiger partial charge in [0.05, 0.1) is 5.00 Å². The van der Waals surface area contributed by atoms with E-state index >= 15 is 0 Å². The van der Waals surface area contributed by atoms with Crippen LogP contribution >= 0.6 is 11.3 Å². The molecule has 2 aromatic heterocycles. The minimum absolute atomic E-state index is 0.464. The summed E-state index contributed by atoms with van der Waals surface area (Å²) in [6.07, 6.45) is 4.17. The SMILES string of the molecule is CN=C(NCc1ccnc(N2CCN(C)CC2)c1)NC1CCN(c2cccs2)CC1. The first-order chi connectivity index (χ1) is 14.7. The van der Waals surface area contributed by atoms with Crippen LogP contribution in [0.25, 0.3) is 0 Å². The first-order valence-electron chi connectivity index (χ1n) is 10.9. The van der Waals surface area contributed by atoms with Crippen LogP contribution in [-0.2, 0) is 6.54 Å². The first kappa shape index (κ1) is 20.9. The van der Waals surface area contributed by atoms with E-state index in [2.05, 4.69) is 72.0 Å². The summed E-state index contributed by atoms with van der Waals surface area (Å²) in [6.45, 7) is 7.18. The Balaban J connectivity index is 1.25. The molecule has 30 heavy (non-hydrogen) atoms. The Morgan fingerprint density at radius 1 is 1.13 bits per heavy atom. The van der Waals surface area contributed by atoms with Gasteiger partial charge in [-0.1, -0.05) is 0 Å². The van der Waals surface area contributed by atoms with Crippen LogP contribution in [0.15, 0.2) is 40.8 Å². The third kappa shape index (κ3) is 5.43. The fourth-order valence-electron chi connectivity index (χ4n) is 4.05. The molecule has 0 bridgehead atoms. The van der Waals surface area contributed by atoms with Crippen LogP contribution < -0.4 is 20.4 Å². The van der Waals surface area contributed by atoms with Gasteiger partial charge in [0.25, 0.3) is 0 Å². The molecule has 0 amide bonds. The van der Waals surface area contributed by atoms with Crippen LogP contribution in [0, 0.1) is 0 Å². The summed E-state index contributed by atoms with van der Waals surface area (Å²) in [6, 6.07) is 9.09. The van der Waals surface area contributed by atoms with Crippen molar-refractivity contribution in [2.45, 2.75) is 25.4 Å². The van der Waals surface area contributed by atoms with Crippen molar-refractivity contribution in [1.82, 2.24) is 20.5 Å². The van der Waals surface area contributed by atoms with Crippen molar-refractivity contribution in [3.8, 4) is 0 Å². The maximum atomic E-state index is 4.59. The number of thiophene rings is 1. The molecule has 0 atom stereocenters. The second-order valence-corrected chi connectivity index (χ2v) is 9.02. The average Bonchev–Trinajstić information content (AvgIpc) is 3.33. The number of aliphatic imine (C=N–C) groups is 1. The summed E-state index contributed by atoms with van der Waals surface area (Å²) in [5.74, 6) is 1.95. The topological polar surface area (TPSA) is 59.0 Å². The summed E-state index contributed by atoms with van der Waals surface area (Å²) in [5, 5.41) is 10.6. The van der Waals surface area contributed by atoms with Crippen molar-refractivity contribution in [3.05, 3.63) is 41.4 Å². The first-order valence-corrected chi connectivity index (χ1v) is 11.7. The molecule has 0 unspecified atom stereocenters. The highest BCUT2D eigenvalue weighted by Crippen LogP contribution is 2.24. The van der Waals surface area contributed by atoms with Crippen LogP contribution in [0.1, 0.15) is 18.4 Å². The second kappa shape index (κ2) is 10.1. The molecule has 7 nitrogen and oxygen atoms in total. The molecular weight excluding hydrogens is 394 g/mol. The van der Waals surface area contributed by atoms with E-state index in [0.29, 0.717) is 6.04 Å². The van der Waals surface area contributed by atoms with Crippen LogP contribution in [0.5, 0.6) is 0 Å². The van der Waals surface area contributed by atoms with Crippen LogP contribution in [0.4, 0.5) is 10.8 Å². The van der Waals surface area contributed by atoms with Crippen molar-refractivity contribution < 1.29 is 0 Å². The van der Waals surface area contributed by atoms with Gasteiger partial charge in [-0.2, -0.15) is 0 Å². The van der Waals surface area contributed by atoms with Gasteiger partial charge >= 0.3 is 0 Å². The minimum Gasteiger partial charge on any atom is -0.363 e. The molecular formula is C22H33N7S. The van der Waals surface area contributed by atoms with Gasteiger partial charge in [0.1, 0.15) is 5.82 Å². The number of nitrogens with one attached hydrogen (secondary N) is 2. The number of anilines is 2. The van der Waals surface area contributed by atoms with E-state index in [4.69, 9.17) is 0 Å². The smallest absolute Gasteiger partial charge is 0.191 e.